The van der Waals surface area contributed by atoms with Crippen molar-refractivity contribution in [2.75, 3.05) is 0 Å². The van der Waals surface area contributed by atoms with Crippen molar-refractivity contribution in [3.05, 3.63) is 163 Å². The van der Waals surface area contributed by atoms with Gasteiger partial charge in [0, 0.05) is 53.5 Å². The summed E-state index contributed by atoms with van der Waals surface area (Å²) in [7, 11) is 0. The van der Waals surface area contributed by atoms with Gasteiger partial charge in [-0.25, -0.2) is 26.3 Å². The summed E-state index contributed by atoms with van der Waals surface area (Å²) in [4.78, 5) is 11.9. The summed E-state index contributed by atoms with van der Waals surface area (Å²) in [5.74, 6) is -3.53. The Labute approximate surface area is 257 Å². The molecule has 6 aromatic rings. The molecule has 0 spiro atoms. The van der Waals surface area contributed by atoms with Gasteiger partial charge in [-0.15, -0.1) is 0 Å². The Balaban J connectivity index is 0.000000175. The zero-order valence-corrected chi connectivity index (χ0v) is 24.5. The molecule has 0 radical (unpaired) electrons. The molecule has 216 valence electrons. The molecule has 6 rings (SSSR count). The summed E-state index contributed by atoms with van der Waals surface area (Å²) < 4.78 is 77.6. The van der Waals surface area contributed by atoms with Gasteiger partial charge in [0.25, 0.3) is 0 Å². The molecule has 0 aliphatic carbocycles. The smallest absolute Gasteiger partial charge is 0.256 e. The van der Waals surface area contributed by atoms with Gasteiger partial charge in [0.1, 0.15) is 34.9 Å². The molecular formula is C33H21F6IrN3+3. The summed E-state index contributed by atoms with van der Waals surface area (Å²) in [5.41, 5.74) is 2.45. The Morgan fingerprint density at radius 1 is 0.349 bits per heavy atom. The third-order valence-corrected chi connectivity index (χ3v) is 5.62. The van der Waals surface area contributed by atoms with Crippen LogP contribution >= 0.6 is 0 Å². The number of hydrogen-bond acceptors (Lipinski definition) is 3. The minimum atomic E-state index is -0.594. The van der Waals surface area contributed by atoms with Crippen molar-refractivity contribution in [1.82, 2.24) is 15.0 Å². The van der Waals surface area contributed by atoms with Gasteiger partial charge in [0.2, 0.25) is 0 Å². The zero-order valence-electron chi connectivity index (χ0n) is 22.1. The van der Waals surface area contributed by atoms with Crippen molar-refractivity contribution < 1.29 is 46.4 Å². The minimum absolute atomic E-state index is 0. The van der Waals surface area contributed by atoms with Gasteiger partial charge >= 0.3 is 20.1 Å². The molecule has 3 heterocycles. The molecule has 0 atom stereocenters. The zero-order chi connectivity index (χ0) is 29.9. The van der Waals surface area contributed by atoms with E-state index in [0.29, 0.717) is 33.8 Å². The molecule has 10 heteroatoms. The van der Waals surface area contributed by atoms with Crippen LogP contribution in [0, 0.1) is 34.9 Å². The van der Waals surface area contributed by atoms with E-state index in [-0.39, 0.29) is 20.1 Å². The summed E-state index contributed by atoms with van der Waals surface area (Å²) in [5, 5.41) is 0. The van der Waals surface area contributed by atoms with Crippen LogP contribution in [0.25, 0.3) is 33.8 Å². The SMILES string of the molecule is Fc1ccc(-c2ccccn2)c(F)c1.Fc1ccc(-c2ccccn2)c(F)c1.Fc1ccc(-c2ccccn2)c(F)c1.[Ir+3]. The van der Waals surface area contributed by atoms with Crippen molar-refractivity contribution in [3.63, 3.8) is 0 Å². The molecule has 3 aromatic heterocycles. The summed E-state index contributed by atoms with van der Waals surface area (Å²) in [6, 6.07) is 25.9. The second-order valence-corrected chi connectivity index (χ2v) is 8.52. The molecule has 0 bridgehead atoms. The fraction of sp³-hybridized carbons (Fsp3) is 0. The monoisotopic (exact) mass is 766 g/mol. The fourth-order valence-electron chi connectivity index (χ4n) is 3.66. The largest absolute Gasteiger partial charge is 3.00 e. The Bertz CT molecular complexity index is 1530. The van der Waals surface area contributed by atoms with E-state index in [2.05, 4.69) is 15.0 Å². The summed E-state index contributed by atoms with van der Waals surface area (Å²) >= 11 is 0. The van der Waals surface area contributed by atoms with Gasteiger partial charge in [0.05, 0.1) is 17.1 Å². The maximum Gasteiger partial charge on any atom is 3.00 e. The normalized spacial score (nSPS) is 9.91. The molecule has 0 amide bonds. The van der Waals surface area contributed by atoms with Crippen molar-refractivity contribution in [2.45, 2.75) is 0 Å². The van der Waals surface area contributed by atoms with Crippen LogP contribution < -0.4 is 0 Å². The molecule has 43 heavy (non-hydrogen) atoms. The maximum absolute atomic E-state index is 13.3. The number of benzene rings is 3. The molecule has 0 fully saturated rings. The molecule has 0 N–H and O–H groups in total. The first-order chi connectivity index (χ1) is 20.3. The van der Waals surface area contributed by atoms with Crippen LogP contribution in [0.2, 0.25) is 0 Å². The van der Waals surface area contributed by atoms with Crippen LogP contribution in [0.5, 0.6) is 0 Å². The van der Waals surface area contributed by atoms with E-state index in [4.69, 9.17) is 0 Å². The van der Waals surface area contributed by atoms with Gasteiger partial charge in [-0.3, -0.25) is 15.0 Å². The molecule has 3 aromatic carbocycles. The average Bonchev–Trinajstić information content (AvgIpc) is 2.99. The van der Waals surface area contributed by atoms with Crippen LogP contribution in [0.1, 0.15) is 0 Å². The van der Waals surface area contributed by atoms with E-state index in [1.807, 2.05) is 0 Å². The average molecular weight is 766 g/mol. The van der Waals surface area contributed by atoms with Crippen molar-refractivity contribution >= 4 is 0 Å². The molecule has 3 nitrogen and oxygen atoms in total. The van der Waals surface area contributed by atoms with Crippen LogP contribution in [0.4, 0.5) is 26.3 Å². The Hall–Kier alpha value is -4.66. The first-order valence-electron chi connectivity index (χ1n) is 12.4. The number of aromatic nitrogens is 3. The Morgan fingerprint density at radius 3 is 0.837 bits per heavy atom. The number of rotatable bonds is 3. The van der Waals surface area contributed by atoms with E-state index in [0.717, 1.165) is 18.2 Å². The fourth-order valence-corrected chi connectivity index (χ4v) is 3.66. The van der Waals surface area contributed by atoms with Gasteiger partial charge in [0.15, 0.2) is 0 Å². The van der Waals surface area contributed by atoms with Crippen molar-refractivity contribution in [2.24, 2.45) is 0 Å². The van der Waals surface area contributed by atoms with Crippen LogP contribution in [-0.2, 0) is 20.1 Å². The molecule has 0 saturated carbocycles. The second kappa shape index (κ2) is 16.1. The second-order valence-electron chi connectivity index (χ2n) is 8.52. The van der Waals surface area contributed by atoms with E-state index >= 15 is 0 Å². The van der Waals surface area contributed by atoms with E-state index in [9.17, 15) is 26.3 Å². The predicted molar refractivity (Wildman–Crippen MR) is 149 cm³/mol. The molecule has 0 aliphatic rings. The number of hydrogen-bond donors (Lipinski definition) is 0. The first-order valence-corrected chi connectivity index (χ1v) is 12.4. The number of nitrogens with zero attached hydrogens (tertiary/aromatic N) is 3. The van der Waals surface area contributed by atoms with E-state index in [1.54, 1.807) is 73.2 Å². The summed E-state index contributed by atoms with van der Waals surface area (Å²) in [6.07, 6.45) is 4.70. The standard InChI is InChI=1S/3C11H7F2N.Ir/c3*12-8-4-5-9(10(13)7-8)11-3-1-2-6-14-11;/h3*1-7H;/q;;;+3. The van der Waals surface area contributed by atoms with E-state index < -0.39 is 34.9 Å². The Morgan fingerprint density at radius 2 is 0.628 bits per heavy atom. The maximum atomic E-state index is 13.3. The quantitative estimate of drug-likeness (QED) is 0.169. The number of pyridine rings is 3. The topological polar surface area (TPSA) is 38.7 Å². The van der Waals surface area contributed by atoms with Crippen molar-refractivity contribution in [1.29, 1.82) is 0 Å². The first kappa shape index (κ1) is 32.8. The molecule has 0 unspecified atom stereocenters. The van der Waals surface area contributed by atoms with Gasteiger partial charge in [-0.2, -0.15) is 0 Å². The van der Waals surface area contributed by atoms with Crippen LogP contribution in [-0.4, -0.2) is 15.0 Å². The molecule has 0 aliphatic heterocycles. The number of halogens is 6. The van der Waals surface area contributed by atoms with Gasteiger partial charge in [-0.05, 0) is 72.8 Å². The predicted octanol–water partition coefficient (Wildman–Crippen LogP) is 9.08. The summed E-state index contributed by atoms with van der Waals surface area (Å²) in [6.45, 7) is 0. The molecular weight excluding hydrogens is 745 g/mol. The molecule has 0 saturated heterocycles. The van der Waals surface area contributed by atoms with E-state index in [1.165, 1.54) is 36.4 Å². The van der Waals surface area contributed by atoms with Crippen molar-refractivity contribution in [3.8, 4) is 33.8 Å². The third-order valence-electron chi connectivity index (χ3n) is 5.62. The van der Waals surface area contributed by atoms with Gasteiger partial charge in [-0.1, -0.05) is 18.2 Å². The van der Waals surface area contributed by atoms with Crippen LogP contribution in [0.3, 0.4) is 0 Å². The Kier molecular flexibility index (Phi) is 12.3. The third kappa shape index (κ3) is 9.43. The van der Waals surface area contributed by atoms with Crippen LogP contribution in [0.15, 0.2) is 128 Å². The minimum Gasteiger partial charge on any atom is -0.256 e. The van der Waals surface area contributed by atoms with Gasteiger partial charge < -0.3 is 0 Å².